The summed E-state index contributed by atoms with van der Waals surface area (Å²) >= 11 is 1.48. The maximum absolute atomic E-state index is 11.1. The van der Waals surface area contributed by atoms with E-state index < -0.39 is 10.0 Å². The molecule has 1 aliphatic rings. The van der Waals surface area contributed by atoms with Gasteiger partial charge in [-0.15, -0.1) is 11.3 Å². The van der Waals surface area contributed by atoms with Gasteiger partial charge in [0.1, 0.15) is 0 Å². The number of nitrogens with zero attached hydrogens (tertiary/aromatic N) is 1. The zero-order valence-corrected chi connectivity index (χ0v) is 11.1. The van der Waals surface area contributed by atoms with E-state index in [1.165, 1.54) is 29.1 Å². The second kappa shape index (κ2) is 4.33. The molecule has 4 nitrogen and oxygen atoms in total. The van der Waals surface area contributed by atoms with Gasteiger partial charge in [-0.25, -0.2) is 13.4 Å². The summed E-state index contributed by atoms with van der Waals surface area (Å²) in [4.78, 5) is 5.59. The molecule has 6 heteroatoms. The molecule has 1 aromatic rings. The number of nitrogens with one attached hydrogen (secondary N) is 1. The molecule has 0 spiro atoms. The van der Waals surface area contributed by atoms with Crippen LogP contribution in [0.5, 0.6) is 0 Å². The monoisotopic (exact) mass is 260 g/mol. The Bertz CT molecular complexity index is 479. The maximum atomic E-state index is 11.1. The van der Waals surface area contributed by atoms with Crippen molar-refractivity contribution in [1.29, 1.82) is 0 Å². The molecule has 2 rings (SSSR count). The van der Waals surface area contributed by atoms with Crippen molar-refractivity contribution in [2.75, 3.05) is 11.0 Å². The summed E-state index contributed by atoms with van der Waals surface area (Å²) in [5.74, 6) is 0.735. The fraction of sp³-hybridized carbons (Fsp3) is 0.700. The minimum atomic E-state index is -3.20. The van der Waals surface area contributed by atoms with Crippen molar-refractivity contribution < 1.29 is 8.42 Å². The standard InChI is InChI=1S/C10H16N2O2S2/c1-3-7-4-5-8-9(6-7)15-10(11-8)12-16(2,13)14/h7H,3-6H2,1-2H3,(H,11,12). The molecular formula is C10H16N2O2S2. The highest BCUT2D eigenvalue weighted by molar-refractivity contribution is 7.92. The molecule has 0 radical (unpaired) electrons. The summed E-state index contributed by atoms with van der Waals surface area (Å²) in [6.07, 6.45) is 5.55. The molecular weight excluding hydrogens is 244 g/mol. The van der Waals surface area contributed by atoms with E-state index in [1.54, 1.807) is 0 Å². The summed E-state index contributed by atoms with van der Waals surface area (Å²) in [7, 11) is -3.20. The van der Waals surface area contributed by atoms with Crippen molar-refractivity contribution in [2.24, 2.45) is 5.92 Å². The van der Waals surface area contributed by atoms with Crippen LogP contribution < -0.4 is 4.72 Å². The number of rotatable bonds is 3. The first kappa shape index (κ1) is 11.9. The molecule has 1 aromatic heterocycles. The quantitative estimate of drug-likeness (QED) is 0.904. The second-order valence-electron chi connectivity index (χ2n) is 4.28. The van der Waals surface area contributed by atoms with Crippen LogP contribution in [0.4, 0.5) is 5.13 Å². The first-order valence-corrected chi connectivity index (χ1v) is 8.15. The predicted octanol–water partition coefficient (Wildman–Crippen LogP) is 2.03. The topological polar surface area (TPSA) is 59.1 Å². The first-order valence-electron chi connectivity index (χ1n) is 5.44. The van der Waals surface area contributed by atoms with Crippen LogP contribution in [0.3, 0.4) is 0 Å². The van der Waals surface area contributed by atoms with Crippen molar-refractivity contribution in [1.82, 2.24) is 4.98 Å². The third-order valence-corrected chi connectivity index (χ3v) is 4.62. The Labute approximate surface area is 100 Å². The number of hydrogen-bond donors (Lipinski definition) is 1. The van der Waals surface area contributed by atoms with Crippen molar-refractivity contribution in [2.45, 2.75) is 32.6 Å². The Morgan fingerprint density at radius 2 is 2.31 bits per heavy atom. The molecule has 0 bridgehead atoms. The van der Waals surface area contributed by atoms with Gasteiger partial charge in [0, 0.05) is 4.88 Å². The highest BCUT2D eigenvalue weighted by atomic mass is 32.2. The van der Waals surface area contributed by atoms with Crippen LogP contribution in [-0.4, -0.2) is 19.7 Å². The Morgan fingerprint density at radius 1 is 1.56 bits per heavy atom. The zero-order chi connectivity index (χ0) is 11.8. The van der Waals surface area contributed by atoms with E-state index in [0.717, 1.165) is 30.7 Å². The van der Waals surface area contributed by atoms with Gasteiger partial charge in [0.05, 0.1) is 11.9 Å². The van der Waals surface area contributed by atoms with Crippen molar-refractivity contribution >= 4 is 26.5 Å². The molecule has 0 amide bonds. The lowest BCUT2D eigenvalue weighted by atomic mass is 9.89. The number of aryl methyl sites for hydroxylation is 1. The second-order valence-corrected chi connectivity index (χ2v) is 7.11. The fourth-order valence-corrected chi connectivity index (χ4v) is 3.95. The number of fused-ring (bicyclic) bond motifs is 1. The molecule has 16 heavy (non-hydrogen) atoms. The molecule has 0 saturated carbocycles. The summed E-state index contributed by atoms with van der Waals surface area (Å²) in [6, 6.07) is 0. The summed E-state index contributed by atoms with van der Waals surface area (Å²) in [5.41, 5.74) is 1.08. The molecule has 1 unspecified atom stereocenters. The molecule has 0 aliphatic heterocycles. The summed E-state index contributed by atoms with van der Waals surface area (Å²) in [6.45, 7) is 2.20. The Hall–Kier alpha value is -0.620. The van der Waals surface area contributed by atoms with E-state index in [1.807, 2.05) is 0 Å². The number of hydrogen-bond acceptors (Lipinski definition) is 4. The van der Waals surface area contributed by atoms with Gasteiger partial charge in [0.15, 0.2) is 5.13 Å². The molecule has 1 aliphatic carbocycles. The molecule has 90 valence electrons. The third kappa shape index (κ3) is 2.74. The van der Waals surface area contributed by atoms with E-state index in [0.29, 0.717) is 5.13 Å². The average molecular weight is 260 g/mol. The van der Waals surface area contributed by atoms with Gasteiger partial charge in [-0.3, -0.25) is 4.72 Å². The van der Waals surface area contributed by atoms with Gasteiger partial charge in [-0.2, -0.15) is 0 Å². The van der Waals surface area contributed by atoms with Crippen LogP contribution in [0, 0.1) is 5.92 Å². The van der Waals surface area contributed by atoms with Gasteiger partial charge >= 0.3 is 0 Å². The number of aromatic nitrogens is 1. The Kier molecular flexibility index (Phi) is 3.21. The third-order valence-electron chi connectivity index (χ3n) is 2.89. The van der Waals surface area contributed by atoms with Gasteiger partial charge in [-0.05, 0) is 25.2 Å². The van der Waals surface area contributed by atoms with Crippen LogP contribution in [0.25, 0.3) is 0 Å². The van der Waals surface area contributed by atoms with Gasteiger partial charge in [0.2, 0.25) is 10.0 Å². The summed E-state index contributed by atoms with van der Waals surface area (Å²) < 4.78 is 24.6. The minimum Gasteiger partial charge on any atom is -0.259 e. The number of thiazole rings is 1. The van der Waals surface area contributed by atoms with E-state index in [2.05, 4.69) is 16.6 Å². The van der Waals surface area contributed by atoms with Gasteiger partial charge in [-0.1, -0.05) is 13.3 Å². The fourth-order valence-electron chi connectivity index (χ4n) is 1.99. The van der Waals surface area contributed by atoms with Gasteiger partial charge in [0.25, 0.3) is 0 Å². The molecule has 0 saturated heterocycles. The van der Waals surface area contributed by atoms with E-state index in [-0.39, 0.29) is 0 Å². The molecule has 0 fully saturated rings. The highest BCUT2D eigenvalue weighted by Crippen LogP contribution is 2.33. The Morgan fingerprint density at radius 3 is 2.94 bits per heavy atom. The van der Waals surface area contributed by atoms with Crippen LogP contribution in [0.2, 0.25) is 0 Å². The lowest BCUT2D eigenvalue weighted by molar-refractivity contribution is 0.446. The first-order chi connectivity index (χ1) is 7.48. The molecule has 1 N–H and O–H groups in total. The van der Waals surface area contributed by atoms with Crippen LogP contribution in [-0.2, 0) is 22.9 Å². The Balaban J connectivity index is 2.18. The van der Waals surface area contributed by atoms with Crippen LogP contribution >= 0.6 is 11.3 Å². The van der Waals surface area contributed by atoms with E-state index in [4.69, 9.17) is 0 Å². The summed E-state index contributed by atoms with van der Waals surface area (Å²) in [5, 5.41) is 0.518. The van der Waals surface area contributed by atoms with Gasteiger partial charge < -0.3 is 0 Å². The number of sulfonamides is 1. The van der Waals surface area contributed by atoms with Crippen LogP contribution in [0.15, 0.2) is 0 Å². The SMILES string of the molecule is CCC1CCc2nc(NS(C)(=O)=O)sc2C1. The van der Waals surface area contributed by atoms with Crippen molar-refractivity contribution in [3.63, 3.8) is 0 Å². The lowest BCUT2D eigenvalue weighted by Crippen LogP contribution is -2.12. The predicted molar refractivity (Wildman–Crippen MR) is 66.4 cm³/mol. The zero-order valence-electron chi connectivity index (χ0n) is 9.49. The smallest absolute Gasteiger partial charge is 0.231 e. The lowest BCUT2D eigenvalue weighted by Gasteiger charge is -2.18. The largest absolute Gasteiger partial charge is 0.259 e. The average Bonchev–Trinajstić information content (AvgIpc) is 2.55. The van der Waals surface area contributed by atoms with Crippen molar-refractivity contribution in [3.8, 4) is 0 Å². The van der Waals surface area contributed by atoms with E-state index >= 15 is 0 Å². The maximum Gasteiger partial charge on any atom is 0.231 e. The molecule has 0 aromatic carbocycles. The van der Waals surface area contributed by atoms with Crippen molar-refractivity contribution in [3.05, 3.63) is 10.6 Å². The number of anilines is 1. The molecule has 1 heterocycles. The van der Waals surface area contributed by atoms with E-state index in [9.17, 15) is 8.42 Å². The normalized spacial score (nSPS) is 20.5. The highest BCUT2D eigenvalue weighted by Gasteiger charge is 2.22. The molecule has 1 atom stereocenters. The minimum absolute atomic E-state index is 0.518. The van der Waals surface area contributed by atoms with Crippen LogP contribution in [0.1, 0.15) is 30.3 Å².